The van der Waals surface area contributed by atoms with Crippen molar-refractivity contribution in [2.24, 2.45) is 5.92 Å². The molecule has 2 aromatic rings. The van der Waals surface area contributed by atoms with Crippen molar-refractivity contribution in [3.05, 3.63) is 58.1 Å². The highest BCUT2D eigenvalue weighted by molar-refractivity contribution is 9.10. The molecule has 0 unspecified atom stereocenters. The van der Waals surface area contributed by atoms with Crippen LogP contribution in [0.2, 0.25) is 0 Å². The zero-order valence-electron chi connectivity index (χ0n) is 15.0. The summed E-state index contributed by atoms with van der Waals surface area (Å²) in [6.45, 7) is 4.10. The number of rotatable bonds is 6. The van der Waals surface area contributed by atoms with Crippen molar-refractivity contribution in [3.8, 4) is 5.75 Å². The molecule has 1 heterocycles. The lowest BCUT2D eigenvalue weighted by atomic mass is 10.1. The number of carbonyl (C=O) groups excluding carboxylic acids is 3. The summed E-state index contributed by atoms with van der Waals surface area (Å²) in [6, 6.07) is 11.9. The zero-order chi connectivity index (χ0) is 19.6. The molecule has 140 valence electrons. The molecule has 1 aliphatic rings. The molecule has 0 spiro atoms. The standard InChI is InChI=1S/C20H19BrN2O4/c1-12(2)10-23-19(25)16-8-5-14(9-17(16)20(23)26)22-18(24)11-27-15-6-3-13(21)4-7-15/h3-9,12H,10-11H2,1-2H3,(H,22,24). The summed E-state index contributed by atoms with van der Waals surface area (Å²) in [7, 11) is 0. The van der Waals surface area contributed by atoms with Gasteiger partial charge in [-0.3, -0.25) is 19.3 Å². The summed E-state index contributed by atoms with van der Waals surface area (Å²) in [5.74, 6) is -0.214. The van der Waals surface area contributed by atoms with E-state index in [4.69, 9.17) is 4.74 Å². The lowest BCUT2D eigenvalue weighted by Crippen LogP contribution is -2.33. The van der Waals surface area contributed by atoms with E-state index < -0.39 is 0 Å². The van der Waals surface area contributed by atoms with Crippen LogP contribution < -0.4 is 10.1 Å². The first kappa shape index (κ1) is 19.1. The smallest absolute Gasteiger partial charge is 0.262 e. The van der Waals surface area contributed by atoms with Gasteiger partial charge in [-0.1, -0.05) is 29.8 Å². The molecule has 0 atom stereocenters. The van der Waals surface area contributed by atoms with E-state index in [0.717, 1.165) is 4.47 Å². The van der Waals surface area contributed by atoms with Crippen LogP contribution in [0.1, 0.15) is 34.6 Å². The highest BCUT2D eigenvalue weighted by Gasteiger charge is 2.35. The monoisotopic (exact) mass is 430 g/mol. The van der Waals surface area contributed by atoms with Crippen molar-refractivity contribution in [2.75, 3.05) is 18.5 Å². The lowest BCUT2D eigenvalue weighted by Gasteiger charge is -2.15. The zero-order valence-corrected chi connectivity index (χ0v) is 16.6. The van der Waals surface area contributed by atoms with Gasteiger partial charge < -0.3 is 10.1 Å². The number of nitrogens with one attached hydrogen (secondary N) is 1. The number of amides is 3. The Hall–Kier alpha value is -2.67. The van der Waals surface area contributed by atoms with Crippen LogP contribution in [0.3, 0.4) is 0 Å². The summed E-state index contributed by atoms with van der Waals surface area (Å²) < 4.78 is 6.34. The predicted molar refractivity (Wildman–Crippen MR) is 105 cm³/mol. The van der Waals surface area contributed by atoms with E-state index in [1.54, 1.807) is 24.3 Å². The Bertz CT molecular complexity index is 893. The number of halogens is 1. The molecular formula is C20H19BrN2O4. The van der Waals surface area contributed by atoms with Crippen LogP contribution in [-0.2, 0) is 4.79 Å². The normalized spacial score (nSPS) is 13.1. The maximum absolute atomic E-state index is 12.5. The molecule has 6 nitrogen and oxygen atoms in total. The maximum atomic E-state index is 12.5. The summed E-state index contributed by atoms with van der Waals surface area (Å²) in [5.41, 5.74) is 1.13. The van der Waals surface area contributed by atoms with Crippen LogP contribution in [0.25, 0.3) is 0 Å². The summed E-state index contributed by atoms with van der Waals surface area (Å²) in [4.78, 5) is 38.2. The Balaban J connectivity index is 1.65. The second-order valence-corrected chi connectivity index (χ2v) is 7.58. The van der Waals surface area contributed by atoms with E-state index in [-0.39, 0.29) is 30.2 Å². The van der Waals surface area contributed by atoms with Crippen LogP contribution in [0.15, 0.2) is 46.9 Å². The van der Waals surface area contributed by atoms with Crippen LogP contribution in [0, 0.1) is 5.92 Å². The number of benzene rings is 2. The second kappa shape index (κ2) is 7.92. The first-order valence-electron chi connectivity index (χ1n) is 8.53. The van der Waals surface area contributed by atoms with Gasteiger partial charge in [-0.25, -0.2) is 0 Å². The molecule has 0 aromatic heterocycles. The Kier molecular flexibility index (Phi) is 5.60. The van der Waals surface area contributed by atoms with Gasteiger partial charge >= 0.3 is 0 Å². The van der Waals surface area contributed by atoms with Gasteiger partial charge in [0.15, 0.2) is 6.61 Å². The van der Waals surface area contributed by atoms with E-state index in [1.807, 2.05) is 26.0 Å². The van der Waals surface area contributed by atoms with E-state index in [2.05, 4.69) is 21.2 Å². The lowest BCUT2D eigenvalue weighted by molar-refractivity contribution is -0.118. The van der Waals surface area contributed by atoms with E-state index in [9.17, 15) is 14.4 Å². The number of carbonyl (C=O) groups is 3. The van der Waals surface area contributed by atoms with E-state index >= 15 is 0 Å². The number of hydrogen-bond acceptors (Lipinski definition) is 4. The fourth-order valence-corrected chi connectivity index (χ4v) is 3.04. The highest BCUT2D eigenvalue weighted by Crippen LogP contribution is 2.26. The molecule has 3 amide bonds. The average molecular weight is 431 g/mol. The van der Waals surface area contributed by atoms with Crippen molar-refractivity contribution in [1.82, 2.24) is 4.90 Å². The van der Waals surface area contributed by atoms with Crippen molar-refractivity contribution in [2.45, 2.75) is 13.8 Å². The van der Waals surface area contributed by atoms with Crippen LogP contribution >= 0.6 is 15.9 Å². The Morgan fingerprint density at radius 1 is 1.07 bits per heavy atom. The molecule has 0 saturated heterocycles. The molecule has 7 heteroatoms. The van der Waals surface area contributed by atoms with Gasteiger partial charge in [-0.05, 0) is 48.4 Å². The van der Waals surface area contributed by atoms with Crippen molar-refractivity contribution in [1.29, 1.82) is 0 Å². The third kappa shape index (κ3) is 4.36. The molecule has 2 aromatic carbocycles. The highest BCUT2D eigenvalue weighted by atomic mass is 79.9. The van der Waals surface area contributed by atoms with Gasteiger partial charge in [0.2, 0.25) is 0 Å². The molecular weight excluding hydrogens is 412 g/mol. The number of imide groups is 1. The minimum Gasteiger partial charge on any atom is -0.484 e. The first-order chi connectivity index (χ1) is 12.8. The number of ether oxygens (including phenoxy) is 1. The van der Waals surface area contributed by atoms with Gasteiger partial charge in [0.1, 0.15) is 5.75 Å². The van der Waals surface area contributed by atoms with Gasteiger partial charge in [0.25, 0.3) is 17.7 Å². The van der Waals surface area contributed by atoms with E-state index in [1.165, 1.54) is 11.0 Å². The predicted octanol–water partition coefficient (Wildman–Crippen LogP) is 3.72. The maximum Gasteiger partial charge on any atom is 0.262 e. The van der Waals surface area contributed by atoms with Crippen LogP contribution in [0.4, 0.5) is 5.69 Å². The third-order valence-electron chi connectivity index (χ3n) is 3.99. The van der Waals surface area contributed by atoms with Crippen molar-refractivity contribution < 1.29 is 19.1 Å². The SMILES string of the molecule is CC(C)CN1C(=O)c2ccc(NC(=O)COc3ccc(Br)cc3)cc2C1=O. The van der Waals surface area contributed by atoms with E-state index in [0.29, 0.717) is 29.1 Å². The Morgan fingerprint density at radius 2 is 1.74 bits per heavy atom. The largest absolute Gasteiger partial charge is 0.484 e. The molecule has 0 fully saturated rings. The minimum absolute atomic E-state index is 0.162. The molecule has 0 aliphatic carbocycles. The molecule has 0 radical (unpaired) electrons. The van der Waals surface area contributed by atoms with Crippen molar-refractivity contribution in [3.63, 3.8) is 0 Å². The Labute approximate surface area is 165 Å². The van der Waals surface area contributed by atoms with Crippen molar-refractivity contribution >= 4 is 39.3 Å². The molecule has 3 rings (SSSR count). The molecule has 0 saturated carbocycles. The number of anilines is 1. The van der Waals surface area contributed by atoms with Gasteiger partial charge in [-0.2, -0.15) is 0 Å². The second-order valence-electron chi connectivity index (χ2n) is 6.67. The molecule has 0 bridgehead atoms. The Morgan fingerprint density at radius 3 is 2.41 bits per heavy atom. The summed E-state index contributed by atoms with van der Waals surface area (Å²) >= 11 is 3.33. The summed E-state index contributed by atoms with van der Waals surface area (Å²) in [5, 5.41) is 2.69. The first-order valence-corrected chi connectivity index (χ1v) is 9.33. The van der Waals surface area contributed by atoms with Gasteiger partial charge in [0.05, 0.1) is 11.1 Å². The fourth-order valence-electron chi connectivity index (χ4n) is 2.78. The quantitative estimate of drug-likeness (QED) is 0.708. The molecule has 1 aliphatic heterocycles. The summed E-state index contributed by atoms with van der Waals surface area (Å²) in [6.07, 6.45) is 0. The average Bonchev–Trinajstić information content (AvgIpc) is 2.85. The minimum atomic E-state index is -0.353. The molecule has 1 N–H and O–H groups in total. The topological polar surface area (TPSA) is 75.7 Å². The van der Waals surface area contributed by atoms with Gasteiger partial charge in [0, 0.05) is 16.7 Å². The fraction of sp³-hybridized carbons (Fsp3) is 0.250. The van der Waals surface area contributed by atoms with Crippen LogP contribution in [0.5, 0.6) is 5.75 Å². The number of nitrogens with zero attached hydrogens (tertiary/aromatic N) is 1. The molecule has 27 heavy (non-hydrogen) atoms. The number of fused-ring (bicyclic) bond motifs is 1. The van der Waals surface area contributed by atoms with Gasteiger partial charge in [-0.15, -0.1) is 0 Å². The number of hydrogen-bond donors (Lipinski definition) is 1. The van der Waals surface area contributed by atoms with Crippen LogP contribution in [-0.4, -0.2) is 35.8 Å². The third-order valence-corrected chi connectivity index (χ3v) is 4.51.